The fraction of sp³-hybridized carbons (Fsp3) is 0.286. The Labute approximate surface area is 158 Å². The number of nitrogens with zero attached hydrogens (tertiary/aromatic N) is 1. The van der Waals surface area contributed by atoms with Crippen LogP contribution < -0.4 is 15.5 Å². The Balaban J connectivity index is 1.71. The first-order valence-electron chi connectivity index (χ1n) is 8.95. The number of nitrogens with one attached hydrogen (secondary N) is 2. The summed E-state index contributed by atoms with van der Waals surface area (Å²) in [6, 6.07) is 10.9. The van der Waals surface area contributed by atoms with Crippen LogP contribution in [0.4, 0.5) is 17.1 Å². The van der Waals surface area contributed by atoms with Crippen LogP contribution in [0, 0.1) is 20.8 Å². The minimum Gasteiger partial charge on any atom is -0.318 e. The van der Waals surface area contributed by atoms with E-state index in [0.29, 0.717) is 24.3 Å². The molecule has 0 radical (unpaired) electrons. The molecule has 0 spiro atoms. The standard InChI is InChI=1S/C21H23N3O3/c1-13-9-14(2)11-17(10-13)23-21(27)20(26)22-16-7-6-15(3)18(12-16)24-8-4-5-19(24)25/h6-7,9-12H,4-5,8H2,1-3H3,(H,22,26)(H,23,27). The summed E-state index contributed by atoms with van der Waals surface area (Å²) in [7, 11) is 0. The van der Waals surface area contributed by atoms with Gasteiger partial charge in [-0.25, -0.2) is 0 Å². The average molecular weight is 365 g/mol. The Morgan fingerprint density at radius 1 is 0.889 bits per heavy atom. The zero-order valence-corrected chi connectivity index (χ0v) is 15.8. The molecule has 1 aliphatic rings. The lowest BCUT2D eigenvalue weighted by atomic mass is 10.1. The molecule has 6 heteroatoms. The van der Waals surface area contributed by atoms with Crippen LogP contribution >= 0.6 is 0 Å². The summed E-state index contributed by atoms with van der Waals surface area (Å²) < 4.78 is 0. The molecule has 0 aromatic heterocycles. The summed E-state index contributed by atoms with van der Waals surface area (Å²) in [6.07, 6.45) is 1.36. The van der Waals surface area contributed by atoms with Crippen LogP contribution in [0.1, 0.15) is 29.5 Å². The van der Waals surface area contributed by atoms with Crippen molar-refractivity contribution in [3.05, 3.63) is 53.1 Å². The molecule has 1 saturated heterocycles. The van der Waals surface area contributed by atoms with E-state index in [1.54, 1.807) is 29.2 Å². The second-order valence-corrected chi connectivity index (χ2v) is 6.93. The predicted molar refractivity (Wildman–Crippen MR) is 106 cm³/mol. The smallest absolute Gasteiger partial charge is 0.314 e. The fourth-order valence-corrected chi connectivity index (χ4v) is 3.30. The zero-order valence-electron chi connectivity index (χ0n) is 15.8. The van der Waals surface area contributed by atoms with Crippen LogP contribution in [0.5, 0.6) is 0 Å². The zero-order chi connectivity index (χ0) is 19.6. The van der Waals surface area contributed by atoms with Crippen molar-refractivity contribution < 1.29 is 14.4 Å². The van der Waals surface area contributed by atoms with Crippen LogP contribution in [0.25, 0.3) is 0 Å². The molecule has 0 unspecified atom stereocenters. The summed E-state index contributed by atoms with van der Waals surface area (Å²) in [4.78, 5) is 38.2. The van der Waals surface area contributed by atoms with Gasteiger partial charge in [-0.05, 0) is 68.1 Å². The Morgan fingerprint density at radius 2 is 1.52 bits per heavy atom. The maximum absolute atomic E-state index is 12.3. The molecule has 2 aromatic carbocycles. The number of anilines is 3. The molecule has 0 atom stereocenters. The van der Waals surface area contributed by atoms with E-state index in [0.717, 1.165) is 28.8 Å². The SMILES string of the molecule is Cc1cc(C)cc(NC(=O)C(=O)Nc2ccc(C)c(N3CCCC3=O)c2)c1. The minimum absolute atomic E-state index is 0.0779. The molecular formula is C21H23N3O3. The summed E-state index contributed by atoms with van der Waals surface area (Å²) in [6.45, 7) is 6.44. The third-order valence-electron chi connectivity index (χ3n) is 4.52. The predicted octanol–water partition coefficient (Wildman–Crippen LogP) is 3.32. The van der Waals surface area contributed by atoms with Crippen molar-refractivity contribution in [2.75, 3.05) is 22.1 Å². The Morgan fingerprint density at radius 3 is 2.11 bits per heavy atom. The van der Waals surface area contributed by atoms with Crippen LogP contribution in [0.15, 0.2) is 36.4 Å². The molecule has 0 saturated carbocycles. The first-order chi connectivity index (χ1) is 12.8. The largest absolute Gasteiger partial charge is 0.318 e. The van der Waals surface area contributed by atoms with Crippen molar-refractivity contribution in [1.82, 2.24) is 0 Å². The molecule has 0 aliphatic carbocycles. The number of amides is 3. The molecule has 6 nitrogen and oxygen atoms in total. The van der Waals surface area contributed by atoms with Crippen molar-refractivity contribution in [3.63, 3.8) is 0 Å². The van der Waals surface area contributed by atoms with Crippen LogP contribution in [0.3, 0.4) is 0 Å². The molecular weight excluding hydrogens is 342 g/mol. The van der Waals surface area contributed by atoms with Crippen LogP contribution in [-0.4, -0.2) is 24.3 Å². The van der Waals surface area contributed by atoms with Gasteiger partial charge < -0.3 is 15.5 Å². The van der Waals surface area contributed by atoms with Gasteiger partial charge >= 0.3 is 11.8 Å². The highest BCUT2D eigenvalue weighted by Gasteiger charge is 2.23. The van der Waals surface area contributed by atoms with E-state index in [1.807, 2.05) is 32.9 Å². The first-order valence-corrected chi connectivity index (χ1v) is 8.95. The molecule has 1 heterocycles. The highest BCUT2D eigenvalue weighted by molar-refractivity contribution is 6.43. The highest BCUT2D eigenvalue weighted by atomic mass is 16.2. The lowest BCUT2D eigenvalue weighted by molar-refractivity contribution is -0.132. The van der Waals surface area contributed by atoms with E-state index >= 15 is 0 Å². The second kappa shape index (κ2) is 7.61. The number of hydrogen-bond donors (Lipinski definition) is 2. The van der Waals surface area contributed by atoms with Gasteiger partial charge in [0.1, 0.15) is 0 Å². The molecule has 2 aromatic rings. The van der Waals surface area contributed by atoms with Gasteiger partial charge in [0, 0.05) is 30.0 Å². The third-order valence-corrected chi connectivity index (χ3v) is 4.52. The number of carbonyl (C=O) groups is 3. The van der Waals surface area contributed by atoms with E-state index in [2.05, 4.69) is 10.6 Å². The van der Waals surface area contributed by atoms with Gasteiger partial charge in [0.15, 0.2) is 0 Å². The minimum atomic E-state index is -0.753. The number of benzene rings is 2. The Bertz CT molecular complexity index is 901. The van der Waals surface area contributed by atoms with Gasteiger partial charge in [0.05, 0.1) is 0 Å². The van der Waals surface area contributed by atoms with Crippen molar-refractivity contribution in [3.8, 4) is 0 Å². The first kappa shape index (κ1) is 18.6. The van der Waals surface area contributed by atoms with Gasteiger partial charge in [-0.15, -0.1) is 0 Å². The van der Waals surface area contributed by atoms with E-state index < -0.39 is 11.8 Å². The van der Waals surface area contributed by atoms with Crippen molar-refractivity contribution in [1.29, 1.82) is 0 Å². The normalized spacial score (nSPS) is 13.6. The lowest BCUT2D eigenvalue weighted by Crippen LogP contribution is -2.29. The van der Waals surface area contributed by atoms with Gasteiger partial charge in [0.25, 0.3) is 0 Å². The van der Waals surface area contributed by atoms with Gasteiger partial charge in [-0.3, -0.25) is 14.4 Å². The quantitative estimate of drug-likeness (QED) is 0.819. The number of carbonyl (C=O) groups excluding carboxylic acids is 3. The topological polar surface area (TPSA) is 78.5 Å². The highest BCUT2D eigenvalue weighted by Crippen LogP contribution is 2.28. The summed E-state index contributed by atoms with van der Waals surface area (Å²) >= 11 is 0. The van der Waals surface area contributed by atoms with Crippen molar-refractivity contribution >= 4 is 34.8 Å². The maximum atomic E-state index is 12.3. The lowest BCUT2D eigenvalue weighted by Gasteiger charge is -2.19. The van der Waals surface area contributed by atoms with E-state index in [1.165, 1.54) is 0 Å². The number of rotatable bonds is 3. The summed E-state index contributed by atoms with van der Waals surface area (Å²) in [5, 5.41) is 5.22. The number of aryl methyl sites for hydroxylation is 3. The summed E-state index contributed by atoms with van der Waals surface area (Å²) in [5.41, 5.74) is 4.79. The molecule has 0 bridgehead atoms. The molecule has 140 valence electrons. The average Bonchev–Trinajstić information content (AvgIpc) is 3.01. The molecule has 3 amide bonds. The van der Waals surface area contributed by atoms with E-state index in [-0.39, 0.29) is 5.91 Å². The van der Waals surface area contributed by atoms with E-state index in [9.17, 15) is 14.4 Å². The van der Waals surface area contributed by atoms with Gasteiger partial charge in [0.2, 0.25) is 5.91 Å². The Kier molecular flexibility index (Phi) is 5.26. The molecule has 3 rings (SSSR count). The molecule has 2 N–H and O–H groups in total. The van der Waals surface area contributed by atoms with Crippen LogP contribution in [0.2, 0.25) is 0 Å². The number of hydrogen-bond acceptors (Lipinski definition) is 3. The molecule has 1 aliphatic heterocycles. The maximum Gasteiger partial charge on any atom is 0.314 e. The molecule has 27 heavy (non-hydrogen) atoms. The summed E-state index contributed by atoms with van der Waals surface area (Å²) in [5.74, 6) is -1.41. The third kappa shape index (κ3) is 4.34. The monoisotopic (exact) mass is 365 g/mol. The van der Waals surface area contributed by atoms with E-state index in [4.69, 9.17) is 0 Å². The van der Waals surface area contributed by atoms with Crippen LogP contribution in [-0.2, 0) is 14.4 Å². The fourth-order valence-electron chi connectivity index (χ4n) is 3.30. The van der Waals surface area contributed by atoms with Gasteiger partial charge in [-0.2, -0.15) is 0 Å². The molecule has 1 fully saturated rings. The Hall–Kier alpha value is -3.15. The van der Waals surface area contributed by atoms with Crippen molar-refractivity contribution in [2.45, 2.75) is 33.6 Å². The van der Waals surface area contributed by atoms with Gasteiger partial charge in [-0.1, -0.05) is 12.1 Å². The second-order valence-electron chi connectivity index (χ2n) is 6.93. The van der Waals surface area contributed by atoms with Crippen molar-refractivity contribution in [2.24, 2.45) is 0 Å².